The Kier molecular flexibility index (Phi) is 25.1. The summed E-state index contributed by atoms with van der Waals surface area (Å²) < 4.78 is 55.1. The van der Waals surface area contributed by atoms with Crippen molar-refractivity contribution in [3.05, 3.63) is 0 Å². The lowest BCUT2D eigenvalue weighted by molar-refractivity contribution is -0.237. The lowest BCUT2D eigenvalue weighted by Gasteiger charge is -2.44. The second-order valence-corrected chi connectivity index (χ2v) is 17.0. The monoisotopic (exact) mass is 952 g/mol. The first-order valence-corrected chi connectivity index (χ1v) is 22.4. The Bertz CT molecular complexity index is 1540. The van der Waals surface area contributed by atoms with Crippen LogP contribution in [0.3, 0.4) is 0 Å². The van der Waals surface area contributed by atoms with Gasteiger partial charge in [0.1, 0.15) is 46.4 Å². The summed E-state index contributed by atoms with van der Waals surface area (Å²) >= 11 is 1.84. The van der Waals surface area contributed by atoms with Crippen molar-refractivity contribution in [2.24, 2.45) is 10.3 Å². The first kappa shape index (κ1) is 55.5. The van der Waals surface area contributed by atoms with Crippen LogP contribution in [-0.4, -0.2) is 141 Å². The molecule has 22 nitrogen and oxygen atoms in total. The van der Waals surface area contributed by atoms with Crippen LogP contribution in [0.5, 0.6) is 0 Å². The van der Waals surface area contributed by atoms with Crippen molar-refractivity contribution in [1.82, 2.24) is 0 Å². The fraction of sp³-hybridized carbons (Fsp3) is 0.750. The van der Waals surface area contributed by atoms with Crippen LogP contribution in [-0.2, 0) is 85.7 Å². The van der Waals surface area contributed by atoms with Crippen molar-refractivity contribution < 1.29 is 96.1 Å². The summed E-state index contributed by atoms with van der Waals surface area (Å²) in [6.45, 7) is 8.34. The molecule has 0 radical (unpaired) electrons. The number of unbranched alkanes of at least 4 members (excludes halogenated alkanes) is 7. The normalized spacial score (nSPS) is 25.8. The van der Waals surface area contributed by atoms with Gasteiger partial charge in [0.25, 0.3) is 0 Å². The zero-order valence-corrected chi connectivity index (χ0v) is 38.8. The maximum atomic E-state index is 12.1. The molecular weight excluding hydrogens is 893 g/mol. The Balaban J connectivity index is 1.94. The third kappa shape index (κ3) is 20.4. The van der Waals surface area contributed by atoms with Crippen LogP contribution in [0.2, 0.25) is 0 Å². The Morgan fingerprint density at radius 1 is 0.406 bits per heavy atom. The molecule has 2 saturated heterocycles. The van der Waals surface area contributed by atoms with Gasteiger partial charge in [-0.1, -0.05) is 72.4 Å². The van der Waals surface area contributed by atoms with Gasteiger partial charge in [-0.2, -0.15) is 0 Å². The predicted octanol–water partition coefficient (Wildman–Crippen LogP) is 4.10. The van der Waals surface area contributed by atoms with E-state index in [1.54, 1.807) is 0 Å². The van der Waals surface area contributed by atoms with E-state index in [9.17, 15) is 48.8 Å². The summed E-state index contributed by atoms with van der Waals surface area (Å²) in [7, 11) is 0. The van der Waals surface area contributed by atoms with E-state index in [4.69, 9.17) is 47.4 Å². The van der Waals surface area contributed by atoms with Crippen LogP contribution >= 0.6 is 23.5 Å². The van der Waals surface area contributed by atoms with Crippen molar-refractivity contribution in [3.8, 4) is 0 Å². The Morgan fingerprint density at radius 2 is 0.672 bits per heavy atom. The zero-order valence-electron chi connectivity index (χ0n) is 37.2. The maximum Gasteiger partial charge on any atom is 0.303 e. The topological polar surface area (TPSA) is 294 Å². The molecule has 2 aliphatic heterocycles. The van der Waals surface area contributed by atoms with E-state index in [0.29, 0.717) is 25.7 Å². The number of hydrogen-bond donors (Lipinski definition) is 2. The first-order chi connectivity index (χ1) is 30.2. The average Bonchev–Trinajstić information content (AvgIpc) is 3.19. The summed E-state index contributed by atoms with van der Waals surface area (Å²) in [4.78, 5) is 95.8. The molecule has 2 aliphatic rings. The molecule has 0 aliphatic carbocycles. The molecular formula is C40H60N2O20S2. The van der Waals surface area contributed by atoms with Crippen molar-refractivity contribution in [2.75, 3.05) is 13.2 Å². The van der Waals surface area contributed by atoms with Gasteiger partial charge in [0, 0.05) is 55.4 Å². The molecule has 0 aromatic heterocycles. The highest BCUT2D eigenvalue weighted by atomic mass is 32.2. The predicted molar refractivity (Wildman–Crippen MR) is 224 cm³/mol. The lowest BCUT2D eigenvalue weighted by Crippen LogP contribution is -2.61. The molecule has 0 saturated carbocycles. The summed E-state index contributed by atoms with van der Waals surface area (Å²) in [5.41, 5.74) is -2.23. The molecule has 24 heteroatoms. The molecule has 2 rings (SSSR count). The summed E-state index contributed by atoms with van der Waals surface area (Å²) in [6, 6.07) is 0. The van der Waals surface area contributed by atoms with Gasteiger partial charge in [-0.3, -0.25) is 38.4 Å². The average molecular weight is 953 g/mol. The van der Waals surface area contributed by atoms with E-state index in [2.05, 4.69) is 10.3 Å². The summed E-state index contributed by atoms with van der Waals surface area (Å²) in [6.07, 6.45) is -3.30. The first-order valence-electron chi connectivity index (χ1n) is 20.6. The molecule has 0 unspecified atom stereocenters. The van der Waals surface area contributed by atoms with Crippen LogP contribution in [0.25, 0.3) is 0 Å². The largest absolute Gasteiger partial charge is 0.463 e. The Labute approximate surface area is 379 Å². The molecule has 64 heavy (non-hydrogen) atoms. The number of thioether (sulfide) groups is 2. The van der Waals surface area contributed by atoms with Gasteiger partial charge in [-0.15, -0.1) is 0 Å². The molecule has 0 aromatic carbocycles. The van der Waals surface area contributed by atoms with Gasteiger partial charge in [0.05, 0.1) is 0 Å². The quantitative estimate of drug-likeness (QED) is 0.0277. The standard InChI is InChI=1S/C40H60N2O20S2/c1-21(43)53-19-29-33(55-23(3)45)35(57-25(5)47)37(59-27(7)49)39(61-29)63-31(41-51)17-15-13-11-9-10-12-14-16-18-32(42-52)64-40-38(60-28(8)50)36(58-26(6)48)34(56-24(4)46)30(62-40)20-54-22(2)44/h29-30,33-40,51-52H,9-20H2,1-8H3/b41-31+,42-32+/t29-,30-,33-,34-,35+,36+,37-,38-,39+,40+/m1/s1. The van der Waals surface area contributed by atoms with Crippen molar-refractivity contribution in [2.45, 2.75) is 179 Å². The number of hydrogen-bond acceptors (Lipinski definition) is 24. The van der Waals surface area contributed by atoms with E-state index in [0.717, 1.165) is 104 Å². The third-order valence-electron chi connectivity index (χ3n) is 9.16. The van der Waals surface area contributed by atoms with Gasteiger partial charge < -0.3 is 57.8 Å². The van der Waals surface area contributed by atoms with Gasteiger partial charge in [0.15, 0.2) is 36.6 Å². The number of ether oxygens (including phenoxy) is 10. The van der Waals surface area contributed by atoms with Crippen molar-refractivity contribution in [3.63, 3.8) is 0 Å². The van der Waals surface area contributed by atoms with Crippen LogP contribution < -0.4 is 0 Å². The fourth-order valence-electron chi connectivity index (χ4n) is 6.71. The molecule has 2 heterocycles. The molecule has 362 valence electrons. The van der Waals surface area contributed by atoms with Crippen LogP contribution in [0.1, 0.15) is 120 Å². The minimum atomic E-state index is -1.35. The van der Waals surface area contributed by atoms with Crippen LogP contribution in [0, 0.1) is 0 Å². The van der Waals surface area contributed by atoms with Gasteiger partial charge in [-0.25, -0.2) is 0 Å². The molecule has 0 amide bonds. The van der Waals surface area contributed by atoms with E-state index >= 15 is 0 Å². The summed E-state index contributed by atoms with van der Waals surface area (Å²) in [5, 5.41) is 27.0. The highest BCUT2D eigenvalue weighted by Gasteiger charge is 2.54. The van der Waals surface area contributed by atoms with E-state index in [1.807, 2.05) is 0 Å². The van der Waals surface area contributed by atoms with Crippen LogP contribution in [0.4, 0.5) is 0 Å². The van der Waals surface area contributed by atoms with Crippen molar-refractivity contribution >= 4 is 81.4 Å². The van der Waals surface area contributed by atoms with Crippen molar-refractivity contribution in [1.29, 1.82) is 0 Å². The van der Waals surface area contributed by atoms with E-state index in [1.165, 1.54) is 13.8 Å². The molecule has 2 fully saturated rings. The number of carbonyl (C=O) groups is 8. The second-order valence-electron chi connectivity index (χ2n) is 14.7. The Hall–Kier alpha value is -4.68. The van der Waals surface area contributed by atoms with Gasteiger partial charge in [-0.05, 0) is 25.7 Å². The number of rotatable bonds is 23. The molecule has 2 N–H and O–H groups in total. The minimum absolute atomic E-state index is 0.226. The minimum Gasteiger partial charge on any atom is -0.463 e. The van der Waals surface area contributed by atoms with E-state index in [-0.39, 0.29) is 23.3 Å². The second kappa shape index (κ2) is 29.0. The molecule has 10 atom stereocenters. The maximum absolute atomic E-state index is 12.1. The molecule has 0 bridgehead atoms. The third-order valence-corrected chi connectivity index (χ3v) is 11.5. The zero-order chi connectivity index (χ0) is 47.9. The number of carbonyl (C=O) groups excluding carboxylic acids is 8. The van der Waals surface area contributed by atoms with Gasteiger partial charge >= 0.3 is 47.8 Å². The number of oxime groups is 2. The fourth-order valence-corrected chi connectivity index (χ4v) is 8.95. The molecule has 0 spiro atoms. The lowest BCUT2D eigenvalue weighted by atomic mass is 9.99. The van der Waals surface area contributed by atoms with Gasteiger partial charge in [0.2, 0.25) is 0 Å². The number of nitrogens with zero attached hydrogens (tertiary/aromatic N) is 2. The Morgan fingerprint density at radius 3 is 0.938 bits per heavy atom. The smallest absolute Gasteiger partial charge is 0.303 e. The van der Waals surface area contributed by atoms with Crippen LogP contribution in [0.15, 0.2) is 10.3 Å². The van der Waals surface area contributed by atoms with E-state index < -0.39 is 107 Å². The number of esters is 8. The molecule has 0 aromatic rings. The SMILES string of the molecule is CC(=O)OC[C@H]1O[C@@H](S/C(CCCCCCCCCC/C(=N\O)S[C@@H]2O[C@H](COC(C)=O)[C@@H](OC(C)=O)[C@H](OC(C)=O)[C@H]2OC(C)=O)=N/O)[C@H](OC(C)=O)[C@@H](OC(C)=O)[C@@H]1OC(C)=O. The summed E-state index contributed by atoms with van der Waals surface area (Å²) in [5.74, 6) is -5.83. The highest BCUT2D eigenvalue weighted by molar-refractivity contribution is 8.14. The highest BCUT2D eigenvalue weighted by Crippen LogP contribution is 2.37.